The molecule has 0 aliphatic heterocycles. The van der Waals surface area contributed by atoms with Gasteiger partial charge in [0.2, 0.25) is 0 Å². The van der Waals surface area contributed by atoms with Gasteiger partial charge in [-0.3, -0.25) is 9.59 Å². The van der Waals surface area contributed by atoms with Gasteiger partial charge in [-0.1, -0.05) is 0 Å². The van der Waals surface area contributed by atoms with Crippen molar-refractivity contribution in [1.29, 1.82) is 0 Å². The number of benzene rings is 3. The fourth-order valence-corrected chi connectivity index (χ4v) is 3.24. The summed E-state index contributed by atoms with van der Waals surface area (Å²) in [5, 5.41) is 59.9. The van der Waals surface area contributed by atoms with Crippen molar-refractivity contribution in [2.45, 2.75) is 13.3 Å². The second-order valence-electron chi connectivity index (χ2n) is 6.34. The van der Waals surface area contributed by atoms with Crippen LogP contribution in [0, 0.1) is 0 Å². The lowest BCUT2D eigenvalue weighted by Gasteiger charge is -2.14. The molecule has 8 nitrogen and oxygen atoms in total. The summed E-state index contributed by atoms with van der Waals surface area (Å²) in [6, 6.07) is 5.16. The van der Waals surface area contributed by atoms with Crippen LogP contribution >= 0.6 is 0 Å². The minimum atomic E-state index is -1.28. The van der Waals surface area contributed by atoms with Crippen molar-refractivity contribution in [3.05, 3.63) is 41.2 Å². The molecule has 0 aromatic heterocycles. The molecule has 144 valence electrons. The summed E-state index contributed by atoms with van der Waals surface area (Å²) in [6.07, 6.45) is 0.367. The molecular formula is C20H16O8. The lowest BCUT2D eigenvalue weighted by molar-refractivity contribution is -0.136. The maximum Gasteiger partial charge on any atom is 0.311 e. The number of aliphatic hydroxyl groups excluding tert-OH is 1. The zero-order chi connectivity index (χ0) is 20.7. The number of Topliss-reactive ketones (excluding diaryl/α,β-unsaturated/α-hetero) is 1. The number of hydrogen-bond acceptors (Lipinski definition) is 7. The summed E-state index contributed by atoms with van der Waals surface area (Å²) < 4.78 is 0. The zero-order valence-corrected chi connectivity index (χ0v) is 14.6. The molecule has 0 aliphatic carbocycles. The van der Waals surface area contributed by atoms with E-state index in [1.54, 1.807) is 0 Å². The van der Waals surface area contributed by atoms with E-state index in [4.69, 9.17) is 5.11 Å². The highest BCUT2D eigenvalue weighted by molar-refractivity contribution is 6.14. The molecular weight excluding hydrogens is 368 g/mol. The first-order chi connectivity index (χ1) is 13.1. The molecule has 3 rings (SSSR count). The Morgan fingerprint density at radius 3 is 2.14 bits per heavy atom. The Morgan fingerprint density at radius 1 is 0.893 bits per heavy atom. The van der Waals surface area contributed by atoms with E-state index < -0.39 is 41.2 Å². The normalized spacial score (nSPS) is 11.8. The van der Waals surface area contributed by atoms with E-state index in [1.807, 2.05) is 0 Å². The molecule has 0 spiro atoms. The molecule has 8 heteroatoms. The number of hydrogen-bond donors (Lipinski definition) is 6. The van der Waals surface area contributed by atoms with Crippen molar-refractivity contribution in [1.82, 2.24) is 0 Å². The zero-order valence-electron chi connectivity index (χ0n) is 14.6. The van der Waals surface area contributed by atoms with E-state index in [0.29, 0.717) is 0 Å². The van der Waals surface area contributed by atoms with Crippen molar-refractivity contribution in [2.24, 2.45) is 0 Å². The van der Waals surface area contributed by atoms with Crippen LogP contribution in [0.1, 0.15) is 29.3 Å². The van der Waals surface area contributed by atoms with Crippen LogP contribution in [0.3, 0.4) is 0 Å². The van der Waals surface area contributed by atoms with Gasteiger partial charge in [0.15, 0.2) is 5.78 Å². The topological polar surface area (TPSA) is 156 Å². The largest absolute Gasteiger partial charge is 0.512 e. The average molecular weight is 384 g/mol. The van der Waals surface area contributed by atoms with Crippen LogP contribution < -0.4 is 0 Å². The van der Waals surface area contributed by atoms with Gasteiger partial charge in [-0.15, -0.1) is 0 Å². The summed E-state index contributed by atoms with van der Waals surface area (Å²) in [6.45, 7) is 1.17. The highest BCUT2D eigenvalue weighted by atomic mass is 16.4. The Hall–Kier alpha value is -3.94. The monoisotopic (exact) mass is 384 g/mol. The molecule has 0 amide bonds. The first-order valence-electron chi connectivity index (χ1n) is 8.09. The SMILES string of the molecule is CC(=O)c1c(C=C(O)CC(=O)O)cc2cc3cc(O)cc(O)c3c(O)c2c1O. The molecule has 6 N–H and O–H groups in total. The first kappa shape index (κ1) is 18.8. The fourth-order valence-electron chi connectivity index (χ4n) is 3.24. The first-order valence-corrected chi connectivity index (χ1v) is 8.09. The number of aliphatic hydroxyl groups is 1. The molecule has 28 heavy (non-hydrogen) atoms. The van der Waals surface area contributed by atoms with Crippen LogP contribution in [0.2, 0.25) is 0 Å². The Morgan fingerprint density at radius 2 is 1.54 bits per heavy atom. The van der Waals surface area contributed by atoms with Crippen molar-refractivity contribution in [3.8, 4) is 23.0 Å². The van der Waals surface area contributed by atoms with Crippen molar-refractivity contribution >= 4 is 39.4 Å². The number of aromatic hydroxyl groups is 4. The van der Waals surface area contributed by atoms with Gasteiger partial charge in [0.05, 0.1) is 16.3 Å². The van der Waals surface area contributed by atoms with Crippen LogP contribution in [-0.4, -0.2) is 42.4 Å². The Labute approximate surface area is 157 Å². The molecule has 0 unspecified atom stereocenters. The standard InChI is InChI=1S/C20H16O8/c1-8(21)16-10(4-13(23)7-15(25)26)2-9-3-11-5-12(22)6-14(24)17(11)20(28)18(9)19(16)27/h2-6,22-24,27-28H,7H2,1H3,(H,25,26). The molecule has 0 saturated heterocycles. The van der Waals surface area contributed by atoms with Crippen molar-refractivity contribution < 1.29 is 40.2 Å². The van der Waals surface area contributed by atoms with E-state index in [9.17, 15) is 35.1 Å². The molecule has 0 heterocycles. The number of rotatable bonds is 4. The van der Waals surface area contributed by atoms with Crippen LogP contribution in [0.15, 0.2) is 30.0 Å². The second kappa shape index (κ2) is 6.66. The number of aliphatic carboxylic acids is 1. The highest BCUT2D eigenvalue weighted by Gasteiger charge is 2.21. The van der Waals surface area contributed by atoms with Gasteiger partial charge in [-0.2, -0.15) is 0 Å². The number of carboxylic acids is 1. The molecule has 0 bridgehead atoms. The van der Waals surface area contributed by atoms with Crippen LogP contribution in [0.5, 0.6) is 23.0 Å². The summed E-state index contributed by atoms with van der Waals surface area (Å²) >= 11 is 0. The van der Waals surface area contributed by atoms with Gasteiger partial charge >= 0.3 is 5.97 Å². The summed E-state index contributed by atoms with van der Waals surface area (Å²) in [7, 11) is 0. The number of ketones is 1. The number of carboxylic acid groups (broad SMARTS) is 1. The molecule has 0 aliphatic rings. The Balaban J connectivity index is 2.44. The number of phenolic OH excluding ortho intramolecular Hbond substituents is 4. The van der Waals surface area contributed by atoms with Crippen LogP contribution in [-0.2, 0) is 4.79 Å². The number of carbonyl (C=O) groups is 2. The molecule has 0 fully saturated rings. The van der Waals surface area contributed by atoms with Gasteiger partial charge in [-0.05, 0) is 47.5 Å². The van der Waals surface area contributed by atoms with E-state index in [0.717, 1.165) is 12.1 Å². The smallest absolute Gasteiger partial charge is 0.311 e. The molecule has 0 saturated carbocycles. The van der Waals surface area contributed by atoms with Gasteiger partial charge in [0, 0.05) is 6.07 Å². The van der Waals surface area contributed by atoms with Crippen LogP contribution in [0.4, 0.5) is 0 Å². The van der Waals surface area contributed by atoms with Gasteiger partial charge < -0.3 is 30.6 Å². The minimum Gasteiger partial charge on any atom is -0.512 e. The van der Waals surface area contributed by atoms with Gasteiger partial charge in [0.1, 0.15) is 35.2 Å². The van der Waals surface area contributed by atoms with Crippen molar-refractivity contribution in [3.63, 3.8) is 0 Å². The molecule has 0 atom stereocenters. The van der Waals surface area contributed by atoms with E-state index >= 15 is 0 Å². The molecule has 3 aromatic rings. The van der Waals surface area contributed by atoms with Crippen molar-refractivity contribution in [2.75, 3.05) is 0 Å². The third kappa shape index (κ3) is 3.11. The summed E-state index contributed by atoms with van der Waals surface area (Å²) in [5.74, 6) is -4.12. The quantitative estimate of drug-likeness (QED) is 0.227. The van der Waals surface area contributed by atoms with Gasteiger partial charge in [-0.25, -0.2) is 0 Å². The second-order valence-corrected chi connectivity index (χ2v) is 6.34. The maximum absolute atomic E-state index is 12.1. The van der Waals surface area contributed by atoms with Crippen LogP contribution in [0.25, 0.3) is 27.6 Å². The molecule has 3 aromatic carbocycles. The average Bonchev–Trinajstić information content (AvgIpc) is 2.51. The number of carbonyl (C=O) groups excluding carboxylic acids is 1. The minimum absolute atomic E-state index is 0.0212. The Kier molecular flexibility index (Phi) is 4.48. The highest BCUT2D eigenvalue weighted by Crippen LogP contribution is 2.46. The van der Waals surface area contributed by atoms with E-state index in [-0.39, 0.29) is 38.4 Å². The number of phenols is 4. The molecule has 0 radical (unpaired) electrons. The predicted molar refractivity (Wildman–Crippen MR) is 101 cm³/mol. The summed E-state index contributed by atoms with van der Waals surface area (Å²) in [4.78, 5) is 22.8. The number of fused-ring (bicyclic) bond motifs is 2. The predicted octanol–water partition coefficient (Wildman–Crippen LogP) is 3.39. The Bertz CT molecular complexity index is 1190. The maximum atomic E-state index is 12.1. The van der Waals surface area contributed by atoms with E-state index in [2.05, 4.69) is 0 Å². The summed E-state index contributed by atoms with van der Waals surface area (Å²) in [5.41, 5.74) is -0.170. The fraction of sp³-hybridized carbons (Fsp3) is 0.100. The third-order valence-electron chi connectivity index (χ3n) is 4.29. The van der Waals surface area contributed by atoms with Gasteiger partial charge in [0.25, 0.3) is 0 Å². The lowest BCUT2D eigenvalue weighted by Crippen LogP contribution is -2.01. The van der Waals surface area contributed by atoms with E-state index in [1.165, 1.54) is 25.1 Å². The third-order valence-corrected chi connectivity index (χ3v) is 4.29. The lowest BCUT2D eigenvalue weighted by atomic mass is 9.93.